The van der Waals surface area contributed by atoms with Crippen molar-refractivity contribution in [1.82, 2.24) is 9.71 Å². The van der Waals surface area contributed by atoms with Crippen LogP contribution in [-0.4, -0.2) is 38.4 Å². The molecule has 0 aliphatic carbocycles. The molecule has 0 saturated carbocycles. The zero-order chi connectivity index (χ0) is 14.9. The van der Waals surface area contributed by atoms with Gasteiger partial charge in [-0.1, -0.05) is 0 Å². The molecule has 0 bridgehead atoms. The Labute approximate surface area is 122 Å². The number of hydrogen-bond acceptors (Lipinski definition) is 3. The molecule has 1 aromatic heterocycles. The molecule has 1 aromatic carbocycles. The standard InChI is InChI=1S/C14H17FN2O3S/c15-11-1-2-13-10(8-16-14(13)7-11)3-5-17-21(18,19)12-4-6-20-9-12/h1-2,7-8,12,16-17H,3-6,9H2. The number of rotatable bonds is 5. The van der Waals surface area contributed by atoms with E-state index in [-0.39, 0.29) is 12.4 Å². The number of H-pyrrole nitrogens is 1. The molecular formula is C14H17FN2O3S. The summed E-state index contributed by atoms with van der Waals surface area (Å²) >= 11 is 0. The summed E-state index contributed by atoms with van der Waals surface area (Å²) in [6.45, 7) is 1.09. The highest BCUT2D eigenvalue weighted by molar-refractivity contribution is 7.90. The van der Waals surface area contributed by atoms with Gasteiger partial charge in [-0.2, -0.15) is 0 Å². The number of hydrogen-bond donors (Lipinski definition) is 2. The van der Waals surface area contributed by atoms with Crippen LogP contribution in [0, 0.1) is 5.82 Å². The molecule has 0 radical (unpaired) electrons. The first kappa shape index (κ1) is 14.5. The SMILES string of the molecule is O=S(=O)(NCCc1c[nH]c2cc(F)ccc12)C1CCOC1. The van der Waals surface area contributed by atoms with Crippen LogP contribution in [0.1, 0.15) is 12.0 Å². The smallest absolute Gasteiger partial charge is 0.216 e. The molecule has 114 valence electrons. The van der Waals surface area contributed by atoms with Gasteiger partial charge in [-0.25, -0.2) is 17.5 Å². The van der Waals surface area contributed by atoms with Crippen molar-refractivity contribution in [1.29, 1.82) is 0 Å². The molecule has 5 nitrogen and oxygen atoms in total. The number of aromatic nitrogens is 1. The number of ether oxygens (including phenoxy) is 1. The number of fused-ring (bicyclic) bond motifs is 1. The van der Waals surface area contributed by atoms with Crippen LogP contribution in [0.15, 0.2) is 24.4 Å². The van der Waals surface area contributed by atoms with Crippen molar-refractivity contribution in [3.8, 4) is 0 Å². The molecule has 21 heavy (non-hydrogen) atoms. The van der Waals surface area contributed by atoms with Crippen LogP contribution in [0.3, 0.4) is 0 Å². The average molecular weight is 312 g/mol. The minimum atomic E-state index is -3.32. The van der Waals surface area contributed by atoms with E-state index in [9.17, 15) is 12.8 Å². The van der Waals surface area contributed by atoms with Gasteiger partial charge in [0.25, 0.3) is 0 Å². The second-order valence-corrected chi connectivity index (χ2v) is 7.22. The Hall–Kier alpha value is -1.44. The number of benzene rings is 1. The molecule has 0 spiro atoms. The van der Waals surface area contributed by atoms with Crippen LogP contribution in [0.5, 0.6) is 0 Å². The quantitative estimate of drug-likeness (QED) is 0.880. The van der Waals surface area contributed by atoms with Gasteiger partial charge in [0.1, 0.15) is 11.1 Å². The van der Waals surface area contributed by atoms with E-state index in [1.807, 2.05) is 0 Å². The van der Waals surface area contributed by atoms with Crippen molar-refractivity contribution in [3.05, 3.63) is 35.8 Å². The lowest BCUT2D eigenvalue weighted by molar-refractivity contribution is 0.198. The first-order valence-electron chi connectivity index (χ1n) is 6.88. The highest BCUT2D eigenvalue weighted by Gasteiger charge is 2.28. The first-order valence-corrected chi connectivity index (χ1v) is 8.42. The maximum atomic E-state index is 13.1. The van der Waals surface area contributed by atoms with E-state index in [0.717, 1.165) is 16.5 Å². The van der Waals surface area contributed by atoms with Gasteiger partial charge in [0.05, 0.1) is 6.61 Å². The van der Waals surface area contributed by atoms with Gasteiger partial charge in [-0.3, -0.25) is 0 Å². The topological polar surface area (TPSA) is 71.2 Å². The minimum Gasteiger partial charge on any atom is -0.380 e. The zero-order valence-corrected chi connectivity index (χ0v) is 12.2. The van der Waals surface area contributed by atoms with E-state index in [2.05, 4.69) is 9.71 Å². The van der Waals surface area contributed by atoms with Crippen molar-refractivity contribution in [3.63, 3.8) is 0 Å². The van der Waals surface area contributed by atoms with E-state index in [1.54, 1.807) is 12.3 Å². The van der Waals surface area contributed by atoms with Gasteiger partial charge >= 0.3 is 0 Å². The molecule has 1 atom stereocenters. The fourth-order valence-corrected chi connectivity index (χ4v) is 3.87. The van der Waals surface area contributed by atoms with Crippen LogP contribution >= 0.6 is 0 Å². The normalized spacial score (nSPS) is 19.4. The minimum absolute atomic E-state index is 0.266. The van der Waals surface area contributed by atoms with Crippen LogP contribution in [0.25, 0.3) is 10.9 Å². The van der Waals surface area contributed by atoms with Gasteiger partial charge in [-0.15, -0.1) is 0 Å². The predicted molar refractivity (Wildman–Crippen MR) is 78.1 cm³/mol. The van der Waals surface area contributed by atoms with Crippen molar-refractivity contribution >= 4 is 20.9 Å². The molecular weight excluding hydrogens is 295 g/mol. The molecule has 2 heterocycles. The summed E-state index contributed by atoms with van der Waals surface area (Å²) in [5.41, 5.74) is 1.69. The Balaban J connectivity index is 1.64. The van der Waals surface area contributed by atoms with Gasteiger partial charge in [-0.05, 0) is 36.6 Å². The number of nitrogens with one attached hydrogen (secondary N) is 2. The highest BCUT2D eigenvalue weighted by Crippen LogP contribution is 2.19. The van der Waals surface area contributed by atoms with Crippen molar-refractivity contribution < 1.29 is 17.5 Å². The summed E-state index contributed by atoms with van der Waals surface area (Å²) in [7, 11) is -3.32. The van der Waals surface area contributed by atoms with Crippen LogP contribution in [0.2, 0.25) is 0 Å². The Kier molecular flexibility index (Phi) is 3.97. The Morgan fingerprint density at radius 1 is 1.43 bits per heavy atom. The van der Waals surface area contributed by atoms with E-state index in [4.69, 9.17) is 4.74 Å². The van der Waals surface area contributed by atoms with Crippen molar-refractivity contribution in [2.45, 2.75) is 18.1 Å². The summed E-state index contributed by atoms with van der Waals surface area (Å²) in [5, 5.41) is 0.467. The van der Waals surface area contributed by atoms with E-state index >= 15 is 0 Å². The highest BCUT2D eigenvalue weighted by atomic mass is 32.2. The van der Waals surface area contributed by atoms with Gasteiger partial charge < -0.3 is 9.72 Å². The largest absolute Gasteiger partial charge is 0.380 e. The molecule has 1 aliphatic heterocycles. The molecule has 7 heteroatoms. The number of aromatic amines is 1. The summed E-state index contributed by atoms with van der Waals surface area (Å²) < 4.78 is 44.9. The fraction of sp³-hybridized carbons (Fsp3) is 0.429. The predicted octanol–water partition coefficient (Wildman–Crippen LogP) is 1.56. The lowest BCUT2D eigenvalue weighted by atomic mass is 10.1. The zero-order valence-electron chi connectivity index (χ0n) is 11.4. The second-order valence-electron chi connectivity index (χ2n) is 5.18. The third-order valence-electron chi connectivity index (χ3n) is 3.75. The van der Waals surface area contributed by atoms with E-state index in [1.165, 1.54) is 12.1 Å². The second kappa shape index (κ2) is 5.75. The van der Waals surface area contributed by atoms with Crippen LogP contribution < -0.4 is 4.72 Å². The Bertz CT molecular complexity index is 736. The Morgan fingerprint density at radius 3 is 3.05 bits per heavy atom. The maximum Gasteiger partial charge on any atom is 0.216 e. The lowest BCUT2D eigenvalue weighted by Crippen LogP contribution is -2.35. The third-order valence-corrected chi connectivity index (χ3v) is 5.61. The van der Waals surface area contributed by atoms with Gasteiger partial charge in [0.15, 0.2) is 0 Å². The van der Waals surface area contributed by atoms with Crippen molar-refractivity contribution in [2.24, 2.45) is 0 Å². The fourth-order valence-electron chi connectivity index (χ4n) is 2.57. The number of sulfonamides is 1. The Morgan fingerprint density at radius 2 is 2.29 bits per heavy atom. The van der Waals surface area contributed by atoms with E-state index in [0.29, 0.717) is 26.0 Å². The number of halogens is 1. The van der Waals surface area contributed by atoms with Gasteiger partial charge in [0, 0.05) is 30.3 Å². The summed E-state index contributed by atoms with van der Waals surface area (Å²) in [4.78, 5) is 2.99. The van der Waals surface area contributed by atoms with Crippen LogP contribution in [-0.2, 0) is 21.2 Å². The van der Waals surface area contributed by atoms with Gasteiger partial charge in [0.2, 0.25) is 10.0 Å². The maximum absolute atomic E-state index is 13.1. The summed E-state index contributed by atoms with van der Waals surface area (Å²) in [6, 6.07) is 4.54. The molecule has 2 N–H and O–H groups in total. The first-order chi connectivity index (χ1) is 10.1. The third kappa shape index (κ3) is 3.09. The van der Waals surface area contributed by atoms with Crippen LogP contribution in [0.4, 0.5) is 4.39 Å². The molecule has 2 aromatic rings. The molecule has 0 amide bonds. The lowest BCUT2D eigenvalue weighted by Gasteiger charge is -2.10. The average Bonchev–Trinajstić information content (AvgIpc) is 3.08. The summed E-state index contributed by atoms with van der Waals surface area (Å²) in [6.07, 6.45) is 2.89. The molecule has 1 aliphatic rings. The molecule has 3 rings (SSSR count). The molecule has 1 fully saturated rings. The molecule has 1 unspecified atom stereocenters. The van der Waals surface area contributed by atoms with E-state index < -0.39 is 15.3 Å². The monoisotopic (exact) mass is 312 g/mol. The summed E-state index contributed by atoms with van der Waals surface area (Å²) in [5.74, 6) is -0.294. The van der Waals surface area contributed by atoms with Crippen molar-refractivity contribution in [2.75, 3.05) is 19.8 Å². The molecule has 1 saturated heterocycles.